The molecule has 0 bridgehead atoms. The number of aromatic nitrogens is 2. The Hall–Kier alpha value is -3.94. The number of benzene rings is 2. The molecule has 8 heteroatoms. The molecule has 3 aromatic rings. The van der Waals surface area contributed by atoms with Gasteiger partial charge in [-0.1, -0.05) is 18.2 Å². The summed E-state index contributed by atoms with van der Waals surface area (Å²) in [5.74, 6) is -1.70. The SMILES string of the molecule is C[C@@H]1Cc2cc(C(O)=C3C(=O)C(=O)N(CCCn4ccnc4)[C@H]3c3ccccc3F)ccc2O1. The summed E-state index contributed by atoms with van der Waals surface area (Å²) >= 11 is 0. The molecule has 5 rings (SSSR count). The standard InChI is InChI=1S/C26H24FN3O4/c1-16-13-18-14-17(7-8-21(18)34-16)24(31)22-23(19-5-2-3-6-20(19)27)30(26(33)25(22)32)11-4-10-29-12-9-28-15-29/h2-3,5-9,12,14-16,23,31H,4,10-11,13H2,1H3/t16-,23+/m1/s1. The number of likely N-dealkylation sites (tertiary alicyclic amines) is 1. The maximum absolute atomic E-state index is 14.9. The second-order valence-corrected chi connectivity index (χ2v) is 8.62. The molecule has 7 nitrogen and oxygen atoms in total. The van der Waals surface area contributed by atoms with E-state index in [1.807, 2.05) is 11.5 Å². The zero-order valence-corrected chi connectivity index (χ0v) is 18.6. The van der Waals surface area contributed by atoms with E-state index in [0.717, 1.165) is 11.3 Å². The zero-order chi connectivity index (χ0) is 23.8. The van der Waals surface area contributed by atoms with Gasteiger partial charge in [-0.25, -0.2) is 9.37 Å². The molecule has 34 heavy (non-hydrogen) atoms. The van der Waals surface area contributed by atoms with E-state index in [0.29, 0.717) is 24.9 Å². The molecule has 2 aliphatic heterocycles. The van der Waals surface area contributed by atoms with Gasteiger partial charge in [0.25, 0.3) is 11.7 Å². The highest BCUT2D eigenvalue weighted by atomic mass is 19.1. The van der Waals surface area contributed by atoms with Gasteiger partial charge in [0, 0.05) is 43.0 Å². The fraction of sp³-hybridized carbons (Fsp3) is 0.269. The van der Waals surface area contributed by atoms with Gasteiger partial charge in [0.1, 0.15) is 23.4 Å². The molecule has 0 aliphatic carbocycles. The molecule has 1 fully saturated rings. The monoisotopic (exact) mass is 461 g/mol. The van der Waals surface area contributed by atoms with Crippen LogP contribution in [-0.2, 0) is 22.6 Å². The molecule has 0 radical (unpaired) electrons. The summed E-state index contributed by atoms with van der Waals surface area (Å²) in [6, 6.07) is 10.2. The zero-order valence-electron chi connectivity index (χ0n) is 18.6. The highest BCUT2D eigenvalue weighted by Gasteiger charge is 2.46. The number of aryl methyl sites for hydroxylation is 1. The third-order valence-corrected chi connectivity index (χ3v) is 6.28. The van der Waals surface area contributed by atoms with Gasteiger partial charge in [-0.3, -0.25) is 9.59 Å². The molecule has 0 saturated carbocycles. The number of fused-ring (bicyclic) bond motifs is 1. The Balaban J connectivity index is 1.54. The van der Waals surface area contributed by atoms with Crippen molar-refractivity contribution in [2.45, 2.75) is 38.5 Å². The van der Waals surface area contributed by atoms with Crippen LogP contribution >= 0.6 is 0 Å². The summed E-state index contributed by atoms with van der Waals surface area (Å²) in [6.07, 6.45) is 6.36. The van der Waals surface area contributed by atoms with Crippen LogP contribution in [0.5, 0.6) is 5.75 Å². The van der Waals surface area contributed by atoms with Crippen LogP contribution in [0, 0.1) is 5.82 Å². The van der Waals surface area contributed by atoms with Gasteiger partial charge in [-0.15, -0.1) is 0 Å². The molecule has 0 spiro atoms. The van der Waals surface area contributed by atoms with Crippen molar-refractivity contribution in [2.75, 3.05) is 6.54 Å². The lowest BCUT2D eigenvalue weighted by Crippen LogP contribution is -2.31. The van der Waals surface area contributed by atoms with Crippen LogP contribution in [0.3, 0.4) is 0 Å². The average molecular weight is 461 g/mol. The van der Waals surface area contributed by atoms with Gasteiger partial charge < -0.3 is 19.3 Å². The molecule has 1 aromatic heterocycles. The number of ether oxygens (including phenoxy) is 1. The van der Waals surface area contributed by atoms with Gasteiger partial charge in [0.15, 0.2) is 0 Å². The molecule has 174 valence electrons. The smallest absolute Gasteiger partial charge is 0.295 e. The van der Waals surface area contributed by atoms with Crippen LogP contribution in [0.2, 0.25) is 0 Å². The summed E-state index contributed by atoms with van der Waals surface area (Å²) in [5.41, 5.74) is 1.37. The van der Waals surface area contributed by atoms with Gasteiger partial charge in [-0.05, 0) is 43.2 Å². The van der Waals surface area contributed by atoms with Crippen molar-refractivity contribution < 1.29 is 23.8 Å². The number of carbonyl (C=O) groups is 2. The predicted octanol–water partition coefficient (Wildman–Crippen LogP) is 3.86. The Bertz CT molecular complexity index is 1280. The maximum atomic E-state index is 14.9. The predicted molar refractivity (Wildman–Crippen MR) is 122 cm³/mol. The minimum Gasteiger partial charge on any atom is -0.507 e. The van der Waals surface area contributed by atoms with E-state index in [2.05, 4.69) is 4.98 Å². The molecule has 2 aromatic carbocycles. The molecule has 2 aliphatic rings. The molecule has 0 unspecified atom stereocenters. The Kier molecular flexibility index (Phi) is 5.65. The molecule has 1 saturated heterocycles. The van der Waals surface area contributed by atoms with Crippen molar-refractivity contribution in [2.24, 2.45) is 0 Å². The summed E-state index contributed by atoms with van der Waals surface area (Å²) in [6.45, 7) is 2.75. The van der Waals surface area contributed by atoms with E-state index in [1.54, 1.807) is 55.1 Å². The van der Waals surface area contributed by atoms with Crippen LogP contribution in [0.1, 0.15) is 36.1 Å². The van der Waals surface area contributed by atoms with Gasteiger partial charge >= 0.3 is 0 Å². The topological polar surface area (TPSA) is 84.7 Å². The fourth-order valence-corrected chi connectivity index (χ4v) is 4.70. The lowest BCUT2D eigenvalue weighted by molar-refractivity contribution is -0.140. The van der Waals surface area contributed by atoms with E-state index in [-0.39, 0.29) is 29.5 Å². The number of aliphatic hydroxyl groups excluding tert-OH is 1. The number of hydrogen-bond donors (Lipinski definition) is 1. The van der Waals surface area contributed by atoms with Crippen molar-refractivity contribution in [3.05, 3.63) is 89.3 Å². The number of amides is 1. The highest BCUT2D eigenvalue weighted by molar-refractivity contribution is 6.46. The van der Waals surface area contributed by atoms with Gasteiger partial charge in [0.05, 0.1) is 17.9 Å². The second-order valence-electron chi connectivity index (χ2n) is 8.62. The summed E-state index contributed by atoms with van der Waals surface area (Å²) in [4.78, 5) is 31.5. The quantitative estimate of drug-likeness (QED) is 0.342. The first-order valence-corrected chi connectivity index (χ1v) is 11.2. The number of rotatable bonds is 6. The third kappa shape index (κ3) is 3.85. The third-order valence-electron chi connectivity index (χ3n) is 6.28. The fourth-order valence-electron chi connectivity index (χ4n) is 4.70. The number of aliphatic hydroxyl groups is 1. The van der Waals surface area contributed by atoms with Gasteiger partial charge in [0.2, 0.25) is 0 Å². The maximum Gasteiger partial charge on any atom is 0.295 e. The Labute approximate surface area is 196 Å². The van der Waals surface area contributed by atoms with E-state index in [9.17, 15) is 19.1 Å². The Morgan fingerprint density at radius 3 is 2.79 bits per heavy atom. The van der Waals surface area contributed by atoms with Crippen molar-refractivity contribution in [3.8, 4) is 5.75 Å². The minimum atomic E-state index is -1.02. The lowest BCUT2D eigenvalue weighted by Gasteiger charge is -2.25. The Morgan fingerprint density at radius 2 is 2.03 bits per heavy atom. The van der Waals surface area contributed by atoms with Crippen LogP contribution < -0.4 is 4.74 Å². The molecule has 1 N–H and O–H groups in total. The van der Waals surface area contributed by atoms with E-state index >= 15 is 0 Å². The summed E-state index contributed by atoms with van der Waals surface area (Å²) < 4.78 is 22.5. The van der Waals surface area contributed by atoms with E-state index < -0.39 is 23.5 Å². The number of imidazole rings is 1. The molecule has 3 heterocycles. The number of hydrogen-bond acceptors (Lipinski definition) is 5. The first-order chi connectivity index (χ1) is 16.4. The number of nitrogens with zero attached hydrogens (tertiary/aromatic N) is 3. The van der Waals surface area contributed by atoms with Crippen LogP contribution in [0.15, 0.2) is 66.8 Å². The summed E-state index contributed by atoms with van der Waals surface area (Å²) in [7, 11) is 0. The molecule has 2 atom stereocenters. The molecular weight excluding hydrogens is 437 g/mol. The van der Waals surface area contributed by atoms with E-state index in [4.69, 9.17) is 4.74 Å². The number of ketones is 1. The van der Waals surface area contributed by atoms with Gasteiger partial charge in [-0.2, -0.15) is 0 Å². The largest absolute Gasteiger partial charge is 0.507 e. The highest BCUT2D eigenvalue weighted by Crippen LogP contribution is 2.41. The van der Waals surface area contributed by atoms with Crippen molar-refractivity contribution >= 4 is 17.4 Å². The van der Waals surface area contributed by atoms with Crippen LogP contribution in [0.25, 0.3) is 5.76 Å². The first kappa shape index (κ1) is 21.9. The number of halogens is 1. The van der Waals surface area contributed by atoms with E-state index in [1.165, 1.54) is 11.0 Å². The number of Topliss-reactive ketones (excluding diaryl/α,β-unsaturated/α-hetero) is 1. The molecule has 1 amide bonds. The first-order valence-electron chi connectivity index (χ1n) is 11.2. The minimum absolute atomic E-state index is 0.0203. The van der Waals surface area contributed by atoms with Crippen LogP contribution in [-0.4, -0.2) is 43.9 Å². The normalized spacial score (nSPS) is 21.1. The van der Waals surface area contributed by atoms with Crippen molar-refractivity contribution in [1.82, 2.24) is 14.5 Å². The summed E-state index contributed by atoms with van der Waals surface area (Å²) in [5, 5.41) is 11.2. The van der Waals surface area contributed by atoms with Crippen LogP contribution in [0.4, 0.5) is 4.39 Å². The Morgan fingerprint density at radius 1 is 1.21 bits per heavy atom. The lowest BCUT2D eigenvalue weighted by atomic mass is 9.94. The molecular formula is C26H24FN3O4. The van der Waals surface area contributed by atoms with Crippen molar-refractivity contribution in [3.63, 3.8) is 0 Å². The number of carbonyl (C=O) groups excluding carboxylic acids is 2. The second kappa shape index (κ2) is 8.78. The average Bonchev–Trinajstić information content (AvgIpc) is 3.53. The van der Waals surface area contributed by atoms with Crippen molar-refractivity contribution in [1.29, 1.82) is 0 Å².